The van der Waals surface area contributed by atoms with Gasteiger partial charge in [-0.2, -0.15) is 0 Å². The number of aromatic amines is 1. The van der Waals surface area contributed by atoms with Crippen LogP contribution in [0.2, 0.25) is 0 Å². The molecule has 2 aromatic rings. The Morgan fingerprint density at radius 1 is 1.15 bits per heavy atom. The van der Waals surface area contributed by atoms with Crippen molar-refractivity contribution in [3.8, 4) is 0 Å². The number of anilines is 2. The van der Waals surface area contributed by atoms with Crippen LogP contribution in [0.5, 0.6) is 0 Å². The minimum absolute atomic E-state index is 0.107. The molecule has 1 aliphatic carbocycles. The summed E-state index contributed by atoms with van der Waals surface area (Å²) in [5.41, 5.74) is 3.86. The van der Waals surface area contributed by atoms with Crippen LogP contribution in [0.1, 0.15) is 64.0 Å². The van der Waals surface area contributed by atoms with Crippen LogP contribution in [0.25, 0.3) is 0 Å². The van der Waals surface area contributed by atoms with Crippen LogP contribution in [0, 0.1) is 11.3 Å². The molecule has 0 saturated carbocycles. The van der Waals surface area contributed by atoms with E-state index in [1.54, 1.807) is 11.8 Å². The summed E-state index contributed by atoms with van der Waals surface area (Å²) in [6, 6.07) is 8.12. The summed E-state index contributed by atoms with van der Waals surface area (Å²) < 4.78 is 0. The highest BCUT2D eigenvalue weighted by Gasteiger charge is 2.42. The summed E-state index contributed by atoms with van der Waals surface area (Å²) in [4.78, 5) is 36.5. The molecule has 0 fully saturated rings. The smallest absolute Gasteiger partial charge is 0.257 e. The van der Waals surface area contributed by atoms with E-state index in [-0.39, 0.29) is 16.8 Å². The third-order valence-electron chi connectivity index (χ3n) is 6.38. The van der Waals surface area contributed by atoms with Crippen molar-refractivity contribution in [1.29, 1.82) is 0 Å². The van der Waals surface area contributed by atoms with E-state index in [0.717, 1.165) is 35.5 Å². The van der Waals surface area contributed by atoms with Crippen molar-refractivity contribution in [2.24, 2.45) is 11.3 Å². The molecule has 1 atom stereocenters. The molecule has 4 rings (SSSR count). The SMILES string of the molecule is CC(C)CCSc1nc2c(c(=O)[nH]1)C(c1ccc(N(C)C)cc1)C1=C(CC(C)(C)CC1=O)N2. The standard InChI is InChI=1S/C26H34N4O2S/c1-15(2)11-12-33-25-28-23-22(24(32)29-25)20(16-7-9-17(10-8-16)30(5)6)21-18(27-23)13-26(3,4)14-19(21)31/h7-10,15,20H,11-14H2,1-6H3,(H2,27,28,29,32). The highest BCUT2D eigenvalue weighted by atomic mass is 32.2. The Bertz CT molecular complexity index is 1150. The van der Waals surface area contributed by atoms with E-state index in [4.69, 9.17) is 4.98 Å². The van der Waals surface area contributed by atoms with E-state index in [1.165, 1.54) is 0 Å². The van der Waals surface area contributed by atoms with Gasteiger partial charge in [0.1, 0.15) is 5.82 Å². The number of aromatic nitrogens is 2. The van der Waals surface area contributed by atoms with Gasteiger partial charge in [-0.3, -0.25) is 9.59 Å². The number of benzene rings is 1. The van der Waals surface area contributed by atoms with Crippen molar-refractivity contribution in [1.82, 2.24) is 9.97 Å². The Hall–Kier alpha value is -2.54. The number of Topliss-reactive ketones (excluding diaryl/α,β-unsaturated/α-hetero) is 1. The van der Waals surface area contributed by atoms with E-state index in [0.29, 0.717) is 34.4 Å². The molecule has 33 heavy (non-hydrogen) atoms. The number of rotatable bonds is 6. The summed E-state index contributed by atoms with van der Waals surface area (Å²) in [6.07, 6.45) is 2.28. The molecule has 1 aliphatic heterocycles. The molecule has 7 heteroatoms. The first-order valence-corrected chi connectivity index (χ1v) is 12.6. The number of allylic oxidation sites excluding steroid dienone is 2. The number of nitrogens with zero attached hydrogens (tertiary/aromatic N) is 2. The number of hydrogen-bond donors (Lipinski definition) is 2. The second kappa shape index (κ2) is 9.01. The Morgan fingerprint density at radius 3 is 2.48 bits per heavy atom. The number of nitrogens with one attached hydrogen (secondary N) is 2. The van der Waals surface area contributed by atoms with E-state index in [9.17, 15) is 9.59 Å². The Morgan fingerprint density at radius 2 is 1.85 bits per heavy atom. The molecule has 0 spiro atoms. The third kappa shape index (κ3) is 4.88. The fraction of sp³-hybridized carbons (Fsp3) is 0.500. The lowest BCUT2D eigenvalue weighted by Gasteiger charge is -2.38. The first-order chi connectivity index (χ1) is 15.6. The van der Waals surface area contributed by atoms with Gasteiger partial charge in [0.05, 0.1) is 5.56 Å². The van der Waals surface area contributed by atoms with Gasteiger partial charge < -0.3 is 15.2 Å². The van der Waals surface area contributed by atoms with Gasteiger partial charge in [0.25, 0.3) is 5.56 Å². The quantitative estimate of drug-likeness (QED) is 0.451. The number of carbonyl (C=O) groups is 1. The topological polar surface area (TPSA) is 78.1 Å². The lowest BCUT2D eigenvalue weighted by molar-refractivity contribution is -0.118. The number of hydrogen-bond acceptors (Lipinski definition) is 6. The monoisotopic (exact) mass is 466 g/mol. The van der Waals surface area contributed by atoms with Crippen LogP contribution in [0.3, 0.4) is 0 Å². The van der Waals surface area contributed by atoms with E-state index < -0.39 is 5.92 Å². The number of fused-ring (bicyclic) bond motifs is 1. The predicted molar refractivity (Wildman–Crippen MR) is 136 cm³/mol. The molecule has 1 aromatic carbocycles. The van der Waals surface area contributed by atoms with Gasteiger partial charge in [-0.05, 0) is 41.9 Å². The zero-order chi connectivity index (χ0) is 23.9. The van der Waals surface area contributed by atoms with Crippen molar-refractivity contribution < 1.29 is 4.79 Å². The molecule has 0 radical (unpaired) electrons. The van der Waals surface area contributed by atoms with Gasteiger partial charge in [-0.25, -0.2) is 4.98 Å². The second-order valence-corrected chi connectivity index (χ2v) is 11.6. The molecule has 176 valence electrons. The van der Waals surface area contributed by atoms with Crippen molar-refractivity contribution in [3.63, 3.8) is 0 Å². The maximum absolute atomic E-state index is 13.4. The summed E-state index contributed by atoms with van der Waals surface area (Å²) in [7, 11) is 3.99. The Balaban J connectivity index is 1.82. The average molecular weight is 467 g/mol. The van der Waals surface area contributed by atoms with Gasteiger partial charge in [-0.1, -0.05) is 51.6 Å². The molecule has 2 heterocycles. The fourth-order valence-corrected chi connectivity index (χ4v) is 5.75. The first-order valence-electron chi connectivity index (χ1n) is 11.6. The summed E-state index contributed by atoms with van der Waals surface area (Å²) in [6.45, 7) is 8.61. The van der Waals surface area contributed by atoms with Gasteiger partial charge in [0.2, 0.25) is 0 Å². The highest BCUT2D eigenvalue weighted by molar-refractivity contribution is 7.99. The van der Waals surface area contributed by atoms with Gasteiger partial charge in [0.15, 0.2) is 10.9 Å². The molecule has 1 aromatic heterocycles. The van der Waals surface area contributed by atoms with Gasteiger partial charge >= 0.3 is 0 Å². The molecule has 0 bridgehead atoms. The predicted octanol–water partition coefficient (Wildman–Crippen LogP) is 5.17. The summed E-state index contributed by atoms with van der Waals surface area (Å²) in [5.74, 6) is 1.76. The molecule has 0 saturated heterocycles. The molecular formula is C26H34N4O2S. The lowest BCUT2D eigenvalue weighted by Crippen LogP contribution is -2.37. The normalized spacial score (nSPS) is 19.2. The van der Waals surface area contributed by atoms with Crippen LogP contribution in [0.4, 0.5) is 11.5 Å². The molecular weight excluding hydrogens is 432 g/mol. The van der Waals surface area contributed by atoms with Gasteiger partial charge in [-0.15, -0.1) is 0 Å². The lowest BCUT2D eigenvalue weighted by atomic mass is 9.69. The Labute approximate surface area is 200 Å². The fourth-order valence-electron chi connectivity index (χ4n) is 4.65. The third-order valence-corrected chi connectivity index (χ3v) is 7.28. The number of H-pyrrole nitrogens is 1. The van der Waals surface area contributed by atoms with Crippen molar-refractivity contribution in [3.05, 3.63) is 57.0 Å². The largest absolute Gasteiger partial charge is 0.378 e. The minimum Gasteiger partial charge on any atom is -0.378 e. The zero-order valence-electron chi connectivity index (χ0n) is 20.4. The molecule has 0 amide bonds. The van der Waals surface area contributed by atoms with Crippen molar-refractivity contribution in [2.45, 2.75) is 58.0 Å². The Kier molecular flexibility index (Phi) is 6.45. The average Bonchev–Trinajstić information content (AvgIpc) is 2.71. The zero-order valence-corrected chi connectivity index (χ0v) is 21.2. The molecule has 2 N–H and O–H groups in total. The van der Waals surface area contributed by atoms with Crippen LogP contribution in [0.15, 0.2) is 45.5 Å². The first kappa shape index (κ1) is 23.6. The minimum atomic E-state index is -0.415. The molecule has 2 aliphatic rings. The van der Waals surface area contributed by atoms with Crippen molar-refractivity contribution >= 4 is 29.1 Å². The number of carbonyl (C=O) groups excluding carboxylic acids is 1. The van der Waals surface area contributed by atoms with E-state index in [2.05, 4.69) is 38.0 Å². The number of ketones is 1. The molecule has 6 nitrogen and oxygen atoms in total. The maximum atomic E-state index is 13.4. The van der Waals surface area contributed by atoms with Crippen LogP contribution in [-0.4, -0.2) is 35.6 Å². The van der Waals surface area contributed by atoms with Crippen LogP contribution in [-0.2, 0) is 4.79 Å². The second-order valence-electron chi connectivity index (χ2n) is 10.5. The number of thioether (sulfide) groups is 1. The maximum Gasteiger partial charge on any atom is 0.257 e. The summed E-state index contributed by atoms with van der Waals surface area (Å²) >= 11 is 1.57. The van der Waals surface area contributed by atoms with Crippen molar-refractivity contribution in [2.75, 3.05) is 30.1 Å². The van der Waals surface area contributed by atoms with E-state index in [1.807, 2.05) is 43.3 Å². The van der Waals surface area contributed by atoms with Crippen LogP contribution >= 0.6 is 11.8 Å². The summed E-state index contributed by atoms with van der Waals surface area (Å²) in [5, 5.41) is 4.02. The highest BCUT2D eigenvalue weighted by Crippen LogP contribution is 2.47. The van der Waals surface area contributed by atoms with Gasteiger partial charge in [0, 0.05) is 49.1 Å². The van der Waals surface area contributed by atoms with E-state index >= 15 is 0 Å². The molecule has 1 unspecified atom stereocenters. The van der Waals surface area contributed by atoms with Crippen LogP contribution < -0.4 is 15.8 Å².